The zero-order valence-electron chi connectivity index (χ0n) is 19.3. The third kappa shape index (κ3) is 5.81. The van der Waals surface area contributed by atoms with Crippen molar-refractivity contribution in [1.29, 1.82) is 0 Å². The highest BCUT2D eigenvalue weighted by Gasteiger charge is 2.57. The quantitative estimate of drug-likeness (QED) is 0.253. The van der Waals surface area contributed by atoms with Gasteiger partial charge in [0.2, 0.25) is 5.91 Å². The van der Waals surface area contributed by atoms with Crippen molar-refractivity contribution in [3.8, 4) is 0 Å². The normalized spacial score (nSPS) is 26.9. The average Bonchev–Trinajstić information content (AvgIpc) is 3.01. The Balaban J connectivity index is 1.54. The lowest BCUT2D eigenvalue weighted by Crippen LogP contribution is -2.68. The van der Waals surface area contributed by atoms with Gasteiger partial charge < -0.3 is 21.7 Å². The first-order chi connectivity index (χ1) is 16.6. The molecule has 1 heterocycles. The number of hydrogen-bond donors (Lipinski definition) is 4. The van der Waals surface area contributed by atoms with Crippen molar-refractivity contribution in [2.24, 2.45) is 5.73 Å². The number of benzene rings is 1. The van der Waals surface area contributed by atoms with Gasteiger partial charge in [-0.1, -0.05) is 24.1 Å². The summed E-state index contributed by atoms with van der Waals surface area (Å²) in [4.78, 5) is 19.7. The molecule has 2 aromatic rings. The molecule has 1 unspecified atom stereocenters. The SMILES string of the molecule is NC(=O)[C@]1(Nc2ccncn2)CCCC[C@]1(Cl)Nc1ccc2c(c1)CCC(NCC(F)(F)F)CC2. The molecular weight excluding hydrogens is 481 g/mol. The van der Waals surface area contributed by atoms with Crippen LogP contribution < -0.4 is 21.7 Å². The van der Waals surface area contributed by atoms with E-state index in [-0.39, 0.29) is 6.04 Å². The first-order valence-electron chi connectivity index (χ1n) is 11.8. The first kappa shape index (κ1) is 25.5. The molecule has 190 valence electrons. The topological polar surface area (TPSA) is 105 Å². The van der Waals surface area contributed by atoms with Crippen LogP contribution in [0.3, 0.4) is 0 Å². The van der Waals surface area contributed by atoms with Gasteiger partial charge >= 0.3 is 6.18 Å². The molecule has 0 saturated heterocycles. The highest BCUT2D eigenvalue weighted by atomic mass is 35.5. The summed E-state index contributed by atoms with van der Waals surface area (Å²) in [6, 6.07) is 7.32. The van der Waals surface area contributed by atoms with Crippen molar-refractivity contribution in [1.82, 2.24) is 15.3 Å². The van der Waals surface area contributed by atoms with E-state index in [1.54, 1.807) is 12.3 Å². The maximum Gasteiger partial charge on any atom is 0.401 e. The molecule has 2 aliphatic carbocycles. The van der Waals surface area contributed by atoms with Crippen LogP contribution in [0.25, 0.3) is 0 Å². The Labute approximate surface area is 207 Å². The van der Waals surface area contributed by atoms with Gasteiger partial charge in [0.1, 0.15) is 17.1 Å². The zero-order valence-corrected chi connectivity index (χ0v) is 20.1. The minimum Gasteiger partial charge on any atom is -0.368 e. The molecule has 0 radical (unpaired) electrons. The van der Waals surface area contributed by atoms with Crippen LogP contribution in [0.4, 0.5) is 24.7 Å². The standard InChI is InChI=1S/C24H30ClF3N6O/c25-23(11-2-1-10-22(23,21(29)35)34-20-9-12-30-15-32-20)33-19-8-4-16-3-6-18(7-5-17(16)13-19)31-14-24(26,27)28/h4,8-9,12-13,15,18,31,33H,1-3,5-7,10-11,14H2,(H2,29,35)(H,30,32,34)/t18?,22-,23+/m1/s1. The van der Waals surface area contributed by atoms with Crippen LogP contribution in [0, 0.1) is 0 Å². The Morgan fingerprint density at radius 1 is 1.11 bits per heavy atom. The maximum absolute atomic E-state index is 12.8. The van der Waals surface area contributed by atoms with Crippen LogP contribution in [0.15, 0.2) is 36.8 Å². The molecular formula is C24H30ClF3N6O. The molecule has 11 heteroatoms. The van der Waals surface area contributed by atoms with Crippen molar-refractivity contribution in [3.05, 3.63) is 47.9 Å². The summed E-state index contributed by atoms with van der Waals surface area (Å²) in [5, 5.41) is 9.20. The average molecular weight is 511 g/mol. The summed E-state index contributed by atoms with van der Waals surface area (Å²) in [7, 11) is 0. The smallest absolute Gasteiger partial charge is 0.368 e. The third-order valence-electron chi connectivity index (χ3n) is 7.01. The number of carbonyl (C=O) groups excluding carboxylic acids is 1. The second-order valence-corrected chi connectivity index (χ2v) is 10.0. The molecule has 1 saturated carbocycles. The van der Waals surface area contributed by atoms with Crippen molar-refractivity contribution >= 4 is 29.0 Å². The summed E-state index contributed by atoms with van der Waals surface area (Å²) in [5.41, 5.74) is 7.55. The molecule has 0 aliphatic heterocycles. The largest absolute Gasteiger partial charge is 0.401 e. The van der Waals surface area contributed by atoms with Crippen molar-refractivity contribution in [3.63, 3.8) is 0 Å². The number of alkyl halides is 4. The molecule has 4 rings (SSSR count). The van der Waals surface area contributed by atoms with E-state index >= 15 is 0 Å². The summed E-state index contributed by atoms with van der Waals surface area (Å²) in [5.74, 6) is -0.126. The number of nitrogens with one attached hydrogen (secondary N) is 3. The van der Waals surface area contributed by atoms with E-state index in [1.165, 1.54) is 6.33 Å². The van der Waals surface area contributed by atoms with E-state index in [9.17, 15) is 18.0 Å². The number of primary amides is 1. The van der Waals surface area contributed by atoms with Crippen molar-refractivity contribution < 1.29 is 18.0 Å². The second-order valence-electron chi connectivity index (χ2n) is 9.38. The number of aromatic nitrogens is 2. The first-order valence-corrected chi connectivity index (χ1v) is 12.2. The number of fused-ring (bicyclic) bond motifs is 1. The molecule has 0 spiro atoms. The Bertz CT molecular complexity index is 1040. The Kier molecular flexibility index (Phi) is 7.42. The Hall–Kier alpha value is -2.59. The van der Waals surface area contributed by atoms with Crippen LogP contribution in [0.2, 0.25) is 0 Å². The van der Waals surface area contributed by atoms with E-state index in [0.717, 1.165) is 29.7 Å². The number of rotatable bonds is 7. The predicted octanol–water partition coefficient (Wildman–Crippen LogP) is 4.13. The number of halogens is 4. The number of amides is 1. The number of nitrogens with two attached hydrogens (primary N) is 1. The van der Waals surface area contributed by atoms with Gasteiger partial charge in [0, 0.05) is 17.9 Å². The summed E-state index contributed by atoms with van der Waals surface area (Å²) >= 11 is 7.17. The number of nitrogens with zero attached hydrogens (tertiary/aromatic N) is 2. The van der Waals surface area contributed by atoms with E-state index in [1.807, 2.05) is 18.2 Å². The van der Waals surface area contributed by atoms with Crippen LogP contribution >= 0.6 is 11.6 Å². The highest BCUT2D eigenvalue weighted by molar-refractivity contribution is 6.28. The minimum atomic E-state index is -4.22. The van der Waals surface area contributed by atoms with Crippen molar-refractivity contribution in [2.75, 3.05) is 17.2 Å². The Morgan fingerprint density at radius 3 is 2.54 bits per heavy atom. The van der Waals surface area contributed by atoms with Crippen molar-refractivity contribution in [2.45, 2.75) is 74.1 Å². The molecule has 1 aromatic carbocycles. The number of anilines is 2. The Morgan fingerprint density at radius 2 is 1.86 bits per heavy atom. The lowest BCUT2D eigenvalue weighted by Gasteiger charge is -2.49. The summed E-state index contributed by atoms with van der Waals surface area (Å²) < 4.78 is 37.8. The zero-order chi connectivity index (χ0) is 25.1. The second kappa shape index (κ2) is 10.2. The molecule has 0 bridgehead atoms. The fourth-order valence-electron chi connectivity index (χ4n) is 5.14. The van der Waals surface area contributed by atoms with E-state index in [2.05, 4.69) is 25.9 Å². The fraction of sp³-hybridized carbons (Fsp3) is 0.542. The lowest BCUT2D eigenvalue weighted by atomic mass is 9.75. The molecule has 1 aromatic heterocycles. The van der Waals surface area contributed by atoms with Crippen LogP contribution in [0.5, 0.6) is 0 Å². The van der Waals surface area contributed by atoms with Gasteiger partial charge in [0.05, 0.1) is 6.54 Å². The van der Waals surface area contributed by atoms with Gasteiger partial charge in [-0.3, -0.25) is 4.79 Å². The number of carbonyl (C=O) groups is 1. The molecule has 1 amide bonds. The van der Waals surface area contributed by atoms with Gasteiger partial charge in [-0.05, 0) is 74.3 Å². The third-order valence-corrected chi connectivity index (χ3v) is 7.61. The summed E-state index contributed by atoms with van der Waals surface area (Å²) in [6.45, 7) is -0.982. The van der Waals surface area contributed by atoms with E-state index in [0.29, 0.717) is 44.3 Å². The van der Waals surface area contributed by atoms with Crippen LogP contribution in [-0.4, -0.2) is 45.2 Å². The number of hydrogen-bond acceptors (Lipinski definition) is 6. The minimum absolute atomic E-state index is 0.197. The highest BCUT2D eigenvalue weighted by Crippen LogP contribution is 2.45. The summed E-state index contributed by atoms with van der Waals surface area (Å²) in [6.07, 6.45) is 3.83. The molecule has 5 N–H and O–H groups in total. The molecule has 7 nitrogen and oxygen atoms in total. The molecule has 3 atom stereocenters. The van der Waals surface area contributed by atoms with E-state index < -0.39 is 29.2 Å². The van der Waals surface area contributed by atoms with Crippen LogP contribution in [-0.2, 0) is 17.6 Å². The van der Waals surface area contributed by atoms with E-state index in [4.69, 9.17) is 17.3 Å². The van der Waals surface area contributed by atoms with Gasteiger partial charge in [-0.2, -0.15) is 13.2 Å². The molecule has 1 fully saturated rings. The van der Waals surface area contributed by atoms with Gasteiger partial charge in [-0.15, -0.1) is 0 Å². The van der Waals surface area contributed by atoms with Gasteiger partial charge in [0.15, 0.2) is 5.54 Å². The molecule has 35 heavy (non-hydrogen) atoms. The number of aryl methyl sites for hydroxylation is 2. The van der Waals surface area contributed by atoms with Gasteiger partial charge in [-0.25, -0.2) is 9.97 Å². The fourth-order valence-corrected chi connectivity index (χ4v) is 5.62. The predicted molar refractivity (Wildman–Crippen MR) is 129 cm³/mol. The maximum atomic E-state index is 12.8. The molecule has 2 aliphatic rings. The van der Waals surface area contributed by atoms with Crippen LogP contribution in [0.1, 0.15) is 49.7 Å². The van der Waals surface area contributed by atoms with Gasteiger partial charge in [0.25, 0.3) is 0 Å². The monoisotopic (exact) mass is 510 g/mol. The lowest BCUT2D eigenvalue weighted by molar-refractivity contribution is -0.126.